The summed E-state index contributed by atoms with van der Waals surface area (Å²) in [5.41, 5.74) is 1.55. The van der Waals surface area contributed by atoms with E-state index in [1.165, 1.54) is 11.3 Å². The number of hydrogen-bond acceptors (Lipinski definition) is 5. The lowest BCUT2D eigenvalue weighted by atomic mass is 10.1. The lowest BCUT2D eigenvalue weighted by molar-refractivity contribution is -0.119. The first-order chi connectivity index (χ1) is 13.2. The van der Waals surface area contributed by atoms with Crippen molar-refractivity contribution in [3.63, 3.8) is 0 Å². The smallest absolute Gasteiger partial charge is 0.254 e. The van der Waals surface area contributed by atoms with Crippen LogP contribution in [0.25, 0.3) is 10.6 Å². The monoisotopic (exact) mass is 378 g/mol. The third-order valence-electron chi connectivity index (χ3n) is 4.51. The van der Waals surface area contributed by atoms with Gasteiger partial charge in [0.1, 0.15) is 11.0 Å². The van der Waals surface area contributed by atoms with E-state index >= 15 is 0 Å². The second-order valence-electron chi connectivity index (χ2n) is 6.29. The average Bonchev–Trinajstić information content (AvgIpc) is 3.38. The van der Waals surface area contributed by atoms with Crippen molar-refractivity contribution in [2.24, 2.45) is 0 Å². The Morgan fingerprint density at radius 2 is 1.70 bits per heavy atom. The summed E-state index contributed by atoms with van der Waals surface area (Å²) in [6.45, 7) is 0.581. The summed E-state index contributed by atoms with van der Waals surface area (Å²) in [6, 6.07) is 18.3. The van der Waals surface area contributed by atoms with Crippen LogP contribution in [0, 0.1) is 0 Å². The molecule has 1 aliphatic heterocycles. The molecule has 1 unspecified atom stereocenters. The average molecular weight is 378 g/mol. The molecule has 1 atom stereocenters. The molecule has 2 amide bonds. The van der Waals surface area contributed by atoms with Gasteiger partial charge in [-0.05, 0) is 25.0 Å². The van der Waals surface area contributed by atoms with Gasteiger partial charge in [-0.1, -0.05) is 59.9 Å². The van der Waals surface area contributed by atoms with Crippen LogP contribution in [0.15, 0.2) is 60.7 Å². The molecule has 0 saturated carbocycles. The van der Waals surface area contributed by atoms with Gasteiger partial charge in [0.05, 0.1) is 0 Å². The molecule has 0 aliphatic carbocycles. The van der Waals surface area contributed by atoms with E-state index in [0.717, 1.165) is 17.0 Å². The third-order valence-corrected chi connectivity index (χ3v) is 5.40. The zero-order valence-corrected chi connectivity index (χ0v) is 15.4. The molecule has 0 radical (unpaired) electrons. The fraction of sp³-hybridized carbons (Fsp3) is 0.200. The maximum atomic E-state index is 12.7. The van der Waals surface area contributed by atoms with Gasteiger partial charge in [-0.25, -0.2) is 0 Å². The maximum absolute atomic E-state index is 12.7. The third kappa shape index (κ3) is 3.73. The Kier molecular flexibility index (Phi) is 4.93. The van der Waals surface area contributed by atoms with Crippen molar-refractivity contribution in [1.82, 2.24) is 15.1 Å². The number of benzene rings is 2. The minimum atomic E-state index is -0.484. The van der Waals surface area contributed by atoms with Crippen LogP contribution in [0.3, 0.4) is 0 Å². The first-order valence-electron chi connectivity index (χ1n) is 8.78. The lowest BCUT2D eigenvalue weighted by Gasteiger charge is -2.23. The van der Waals surface area contributed by atoms with Crippen molar-refractivity contribution in [2.45, 2.75) is 18.9 Å². The molecule has 4 rings (SSSR count). The number of amides is 2. The molecule has 2 heterocycles. The number of carbonyl (C=O) groups is 2. The molecule has 1 N–H and O–H groups in total. The van der Waals surface area contributed by atoms with Crippen molar-refractivity contribution in [2.75, 3.05) is 11.9 Å². The van der Waals surface area contributed by atoms with Crippen LogP contribution in [0.2, 0.25) is 0 Å². The quantitative estimate of drug-likeness (QED) is 0.754. The van der Waals surface area contributed by atoms with Crippen molar-refractivity contribution in [3.05, 3.63) is 66.2 Å². The lowest BCUT2D eigenvalue weighted by Crippen LogP contribution is -2.43. The Morgan fingerprint density at radius 3 is 2.44 bits per heavy atom. The van der Waals surface area contributed by atoms with E-state index in [4.69, 9.17) is 0 Å². The molecule has 136 valence electrons. The molecule has 7 heteroatoms. The molecule has 6 nitrogen and oxygen atoms in total. The Balaban J connectivity index is 1.46. The van der Waals surface area contributed by atoms with Gasteiger partial charge < -0.3 is 4.90 Å². The molecule has 0 spiro atoms. The summed E-state index contributed by atoms with van der Waals surface area (Å²) >= 11 is 1.32. The van der Waals surface area contributed by atoms with Gasteiger partial charge in [0, 0.05) is 17.7 Å². The molecule has 1 aromatic heterocycles. The molecule has 1 fully saturated rings. The fourth-order valence-corrected chi connectivity index (χ4v) is 3.94. The van der Waals surface area contributed by atoms with Gasteiger partial charge in [0.2, 0.25) is 11.0 Å². The van der Waals surface area contributed by atoms with Crippen LogP contribution < -0.4 is 5.32 Å². The fourth-order valence-electron chi connectivity index (χ4n) is 3.19. The summed E-state index contributed by atoms with van der Waals surface area (Å²) < 4.78 is 0. The maximum Gasteiger partial charge on any atom is 0.254 e. The number of nitrogens with one attached hydrogen (secondary N) is 1. The van der Waals surface area contributed by atoms with Crippen molar-refractivity contribution >= 4 is 28.3 Å². The molecule has 27 heavy (non-hydrogen) atoms. The number of nitrogens with zero attached hydrogens (tertiary/aromatic N) is 3. The van der Waals surface area contributed by atoms with Crippen molar-refractivity contribution in [3.8, 4) is 10.6 Å². The first-order valence-corrected chi connectivity index (χ1v) is 9.60. The number of hydrogen-bond donors (Lipinski definition) is 1. The highest BCUT2D eigenvalue weighted by molar-refractivity contribution is 7.18. The summed E-state index contributed by atoms with van der Waals surface area (Å²) in [6.07, 6.45) is 1.46. The van der Waals surface area contributed by atoms with Gasteiger partial charge in [0.25, 0.3) is 5.91 Å². The molecule has 0 bridgehead atoms. The van der Waals surface area contributed by atoms with Gasteiger partial charge in [0.15, 0.2) is 0 Å². The second-order valence-corrected chi connectivity index (χ2v) is 7.27. The van der Waals surface area contributed by atoms with Crippen LogP contribution in [-0.4, -0.2) is 39.5 Å². The molecule has 2 aromatic carbocycles. The standard InChI is InChI=1S/C20H18N4O2S/c25-17(21-20-23-22-18(27-20)14-8-3-1-4-9-14)16-12-7-13-24(16)19(26)15-10-5-2-6-11-15/h1-6,8-11,16H,7,12-13H2,(H,21,23,25). The number of aromatic nitrogens is 2. The predicted molar refractivity (Wildman–Crippen MR) is 104 cm³/mol. The highest BCUT2D eigenvalue weighted by Gasteiger charge is 2.34. The van der Waals surface area contributed by atoms with Crippen LogP contribution in [0.5, 0.6) is 0 Å². The highest BCUT2D eigenvalue weighted by Crippen LogP contribution is 2.27. The SMILES string of the molecule is O=C(Nc1nnc(-c2ccccc2)s1)C1CCCN1C(=O)c1ccccc1. The van der Waals surface area contributed by atoms with Gasteiger partial charge >= 0.3 is 0 Å². The Labute approximate surface area is 160 Å². The minimum Gasteiger partial charge on any atom is -0.327 e. The van der Waals surface area contributed by atoms with E-state index in [2.05, 4.69) is 15.5 Å². The number of anilines is 1. The van der Waals surface area contributed by atoms with Crippen molar-refractivity contribution in [1.29, 1.82) is 0 Å². The van der Waals surface area contributed by atoms with E-state index in [0.29, 0.717) is 23.7 Å². The highest BCUT2D eigenvalue weighted by atomic mass is 32.1. The predicted octanol–water partition coefficient (Wildman–Crippen LogP) is 3.45. The molecular weight excluding hydrogens is 360 g/mol. The molecule has 1 saturated heterocycles. The number of carbonyl (C=O) groups excluding carboxylic acids is 2. The molecule has 3 aromatic rings. The Hall–Kier alpha value is -3.06. The van der Waals surface area contributed by atoms with Crippen LogP contribution >= 0.6 is 11.3 Å². The van der Waals surface area contributed by atoms with Gasteiger partial charge in [-0.3, -0.25) is 14.9 Å². The van der Waals surface area contributed by atoms with Gasteiger partial charge in [-0.2, -0.15) is 0 Å². The first kappa shape index (κ1) is 17.4. The Bertz CT molecular complexity index is 943. The zero-order valence-electron chi connectivity index (χ0n) is 14.5. The molecular formula is C20H18N4O2S. The van der Waals surface area contributed by atoms with Crippen LogP contribution in [0.1, 0.15) is 23.2 Å². The number of likely N-dealkylation sites (tertiary alicyclic amines) is 1. The van der Waals surface area contributed by atoms with E-state index in [-0.39, 0.29) is 11.8 Å². The molecule has 1 aliphatic rings. The topological polar surface area (TPSA) is 75.2 Å². The van der Waals surface area contributed by atoms with Gasteiger partial charge in [-0.15, -0.1) is 10.2 Å². The van der Waals surface area contributed by atoms with E-state index in [9.17, 15) is 9.59 Å². The normalized spacial score (nSPS) is 16.3. The summed E-state index contributed by atoms with van der Waals surface area (Å²) in [4.78, 5) is 27.1. The van der Waals surface area contributed by atoms with Crippen LogP contribution in [0.4, 0.5) is 5.13 Å². The largest absolute Gasteiger partial charge is 0.327 e. The summed E-state index contributed by atoms with van der Waals surface area (Å²) in [5.74, 6) is -0.331. The van der Waals surface area contributed by atoms with Crippen LogP contribution in [-0.2, 0) is 4.79 Å². The summed E-state index contributed by atoms with van der Waals surface area (Å²) in [7, 11) is 0. The van der Waals surface area contributed by atoms with E-state index < -0.39 is 6.04 Å². The van der Waals surface area contributed by atoms with E-state index in [1.807, 2.05) is 48.5 Å². The van der Waals surface area contributed by atoms with Crippen molar-refractivity contribution < 1.29 is 9.59 Å². The minimum absolute atomic E-state index is 0.115. The second kappa shape index (κ2) is 7.67. The van der Waals surface area contributed by atoms with E-state index in [1.54, 1.807) is 17.0 Å². The Morgan fingerprint density at radius 1 is 1.00 bits per heavy atom. The number of rotatable bonds is 4. The zero-order chi connectivity index (χ0) is 18.6. The summed E-state index contributed by atoms with van der Waals surface area (Å²) in [5, 5.41) is 12.2.